The number of benzene rings is 1. The van der Waals surface area contributed by atoms with Crippen LogP contribution in [0.1, 0.15) is 25.3 Å². The molecular formula is C17H28ClIN4O2. The molecule has 142 valence electrons. The van der Waals surface area contributed by atoms with Crippen molar-refractivity contribution in [2.24, 2.45) is 4.99 Å². The number of aliphatic imine (C=N–C) groups is 1. The molecule has 6 nitrogen and oxygen atoms in total. The highest BCUT2D eigenvalue weighted by Crippen LogP contribution is 2.22. The summed E-state index contributed by atoms with van der Waals surface area (Å²) in [5.41, 5.74) is 1.04. The number of guanidine groups is 1. The Kier molecular flexibility index (Phi) is 13.3. The van der Waals surface area contributed by atoms with E-state index in [4.69, 9.17) is 16.3 Å². The van der Waals surface area contributed by atoms with Gasteiger partial charge in [0.1, 0.15) is 5.75 Å². The number of carbonyl (C=O) groups excluding carboxylic acids is 1. The van der Waals surface area contributed by atoms with Crippen LogP contribution in [0.5, 0.6) is 5.75 Å². The molecule has 0 bridgehead atoms. The van der Waals surface area contributed by atoms with Crippen LogP contribution in [-0.2, 0) is 11.2 Å². The van der Waals surface area contributed by atoms with Crippen molar-refractivity contribution in [1.29, 1.82) is 0 Å². The highest BCUT2D eigenvalue weighted by molar-refractivity contribution is 14.0. The molecule has 0 fully saturated rings. The quantitative estimate of drug-likeness (QED) is 0.287. The summed E-state index contributed by atoms with van der Waals surface area (Å²) in [5, 5.41) is 9.86. The molecule has 0 spiro atoms. The van der Waals surface area contributed by atoms with Crippen LogP contribution in [-0.4, -0.2) is 45.7 Å². The minimum Gasteiger partial charge on any atom is -0.497 e. The summed E-state index contributed by atoms with van der Waals surface area (Å²) < 4.78 is 5.14. The zero-order valence-corrected chi connectivity index (χ0v) is 18.1. The highest BCUT2D eigenvalue weighted by Gasteiger charge is 2.04. The normalized spacial score (nSPS) is 10.6. The smallest absolute Gasteiger partial charge is 0.221 e. The Morgan fingerprint density at radius 1 is 1.20 bits per heavy atom. The minimum absolute atomic E-state index is 0. The molecule has 0 saturated carbocycles. The maximum atomic E-state index is 11.5. The van der Waals surface area contributed by atoms with Gasteiger partial charge in [-0.05, 0) is 30.5 Å². The summed E-state index contributed by atoms with van der Waals surface area (Å²) in [6.45, 7) is 3.97. The molecule has 1 aromatic rings. The first-order chi connectivity index (χ1) is 11.6. The number of amides is 1. The lowest BCUT2D eigenvalue weighted by Crippen LogP contribution is -2.40. The second-order valence-corrected chi connectivity index (χ2v) is 5.64. The number of methoxy groups -OCH3 is 1. The van der Waals surface area contributed by atoms with Gasteiger partial charge in [0.25, 0.3) is 0 Å². The number of halogens is 2. The number of hydrogen-bond donors (Lipinski definition) is 3. The zero-order chi connectivity index (χ0) is 17.8. The maximum Gasteiger partial charge on any atom is 0.221 e. The number of hydrogen-bond acceptors (Lipinski definition) is 3. The standard InChI is InChI=1S/C17H27ClN4O2.HI/c1-4-9-20-16(23)8-11-22-17(19-2)21-10-7-13-5-6-14(24-3)12-15(13)18;/h5-6,12H,4,7-11H2,1-3H3,(H,20,23)(H2,19,21,22);1H. The van der Waals surface area contributed by atoms with E-state index in [0.717, 1.165) is 24.2 Å². The Balaban J connectivity index is 0.00000576. The largest absolute Gasteiger partial charge is 0.497 e. The van der Waals surface area contributed by atoms with Crippen LogP contribution >= 0.6 is 35.6 Å². The predicted molar refractivity (Wildman–Crippen MR) is 114 cm³/mol. The molecule has 0 aliphatic heterocycles. The third kappa shape index (κ3) is 9.74. The molecule has 3 N–H and O–H groups in total. The van der Waals surface area contributed by atoms with Gasteiger partial charge in [0.2, 0.25) is 5.91 Å². The minimum atomic E-state index is 0. The highest BCUT2D eigenvalue weighted by atomic mass is 127. The number of nitrogens with one attached hydrogen (secondary N) is 3. The van der Waals surface area contributed by atoms with Crippen molar-refractivity contribution in [2.45, 2.75) is 26.2 Å². The van der Waals surface area contributed by atoms with Gasteiger partial charge in [-0.25, -0.2) is 0 Å². The number of nitrogens with zero attached hydrogens (tertiary/aromatic N) is 1. The van der Waals surface area contributed by atoms with Gasteiger partial charge in [-0.15, -0.1) is 24.0 Å². The van der Waals surface area contributed by atoms with Crippen LogP contribution < -0.4 is 20.7 Å². The van der Waals surface area contributed by atoms with Crippen LogP contribution in [0.25, 0.3) is 0 Å². The van der Waals surface area contributed by atoms with Crippen molar-refractivity contribution in [3.8, 4) is 5.75 Å². The second-order valence-electron chi connectivity index (χ2n) is 5.23. The van der Waals surface area contributed by atoms with Crippen molar-refractivity contribution in [1.82, 2.24) is 16.0 Å². The molecule has 1 amide bonds. The van der Waals surface area contributed by atoms with Crippen molar-refractivity contribution in [3.63, 3.8) is 0 Å². The van der Waals surface area contributed by atoms with Crippen molar-refractivity contribution in [2.75, 3.05) is 33.8 Å². The van der Waals surface area contributed by atoms with Gasteiger partial charge in [0.15, 0.2) is 5.96 Å². The van der Waals surface area contributed by atoms with E-state index in [1.165, 1.54) is 0 Å². The van der Waals surface area contributed by atoms with E-state index >= 15 is 0 Å². The average molecular weight is 483 g/mol. The summed E-state index contributed by atoms with van der Waals surface area (Å²) in [6.07, 6.45) is 2.13. The monoisotopic (exact) mass is 482 g/mol. The summed E-state index contributed by atoms with van der Waals surface area (Å²) in [6, 6.07) is 5.65. The molecule has 1 aromatic carbocycles. The van der Waals surface area contributed by atoms with Crippen LogP contribution in [0.3, 0.4) is 0 Å². The van der Waals surface area contributed by atoms with E-state index in [0.29, 0.717) is 37.0 Å². The zero-order valence-electron chi connectivity index (χ0n) is 15.0. The fourth-order valence-corrected chi connectivity index (χ4v) is 2.31. The lowest BCUT2D eigenvalue weighted by atomic mass is 10.1. The van der Waals surface area contributed by atoms with Gasteiger partial charge < -0.3 is 20.7 Å². The summed E-state index contributed by atoms with van der Waals surface area (Å²) >= 11 is 6.22. The van der Waals surface area contributed by atoms with E-state index in [2.05, 4.69) is 20.9 Å². The van der Waals surface area contributed by atoms with E-state index in [9.17, 15) is 4.79 Å². The van der Waals surface area contributed by atoms with Gasteiger partial charge in [-0.3, -0.25) is 9.79 Å². The van der Waals surface area contributed by atoms with E-state index in [-0.39, 0.29) is 29.9 Å². The van der Waals surface area contributed by atoms with Gasteiger partial charge in [-0.1, -0.05) is 24.6 Å². The number of ether oxygens (including phenoxy) is 1. The maximum absolute atomic E-state index is 11.5. The molecule has 25 heavy (non-hydrogen) atoms. The lowest BCUT2D eigenvalue weighted by Gasteiger charge is -2.12. The molecule has 8 heteroatoms. The molecule has 0 radical (unpaired) electrons. The van der Waals surface area contributed by atoms with Gasteiger partial charge >= 0.3 is 0 Å². The molecule has 0 aliphatic carbocycles. The van der Waals surface area contributed by atoms with E-state index in [1.54, 1.807) is 20.2 Å². The van der Waals surface area contributed by atoms with Crippen LogP contribution in [0.2, 0.25) is 5.02 Å². The van der Waals surface area contributed by atoms with E-state index in [1.807, 2.05) is 19.1 Å². The first kappa shape index (κ1) is 23.8. The Labute approximate surface area is 172 Å². The molecule has 0 heterocycles. The summed E-state index contributed by atoms with van der Waals surface area (Å²) in [5.74, 6) is 1.46. The Morgan fingerprint density at radius 3 is 2.52 bits per heavy atom. The molecule has 0 unspecified atom stereocenters. The molecule has 0 aromatic heterocycles. The van der Waals surface area contributed by atoms with Gasteiger partial charge in [0.05, 0.1) is 7.11 Å². The molecular weight excluding hydrogens is 455 g/mol. The van der Waals surface area contributed by atoms with Crippen LogP contribution in [0.4, 0.5) is 0 Å². The second kappa shape index (κ2) is 14.0. The predicted octanol–water partition coefficient (Wildman–Crippen LogP) is 2.59. The first-order valence-electron chi connectivity index (χ1n) is 8.14. The van der Waals surface area contributed by atoms with Gasteiger partial charge in [0, 0.05) is 38.1 Å². The number of rotatable bonds is 9. The molecule has 0 saturated heterocycles. The Bertz CT molecular complexity index is 555. The summed E-state index contributed by atoms with van der Waals surface area (Å²) in [7, 11) is 3.32. The van der Waals surface area contributed by atoms with Crippen LogP contribution in [0, 0.1) is 0 Å². The van der Waals surface area contributed by atoms with Crippen molar-refractivity contribution in [3.05, 3.63) is 28.8 Å². The first-order valence-corrected chi connectivity index (χ1v) is 8.52. The van der Waals surface area contributed by atoms with Crippen molar-refractivity contribution >= 4 is 47.4 Å². The number of carbonyl (C=O) groups is 1. The fourth-order valence-electron chi connectivity index (χ4n) is 2.04. The molecule has 0 aliphatic rings. The van der Waals surface area contributed by atoms with Crippen molar-refractivity contribution < 1.29 is 9.53 Å². The molecule has 1 rings (SSSR count). The molecule has 0 atom stereocenters. The Morgan fingerprint density at radius 2 is 1.92 bits per heavy atom. The Hall–Kier alpha value is -1.22. The van der Waals surface area contributed by atoms with Crippen LogP contribution in [0.15, 0.2) is 23.2 Å². The topological polar surface area (TPSA) is 74.8 Å². The van der Waals surface area contributed by atoms with Gasteiger partial charge in [-0.2, -0.15) is 0 Å². The third-order valence-electron chi connectivity index (χ3n) is 3.39. The third-order valence-corrected chi connectivity index (χ3v) is 3.74. The SMILES string of the molecule is CCCNC(=O)CCNC(=NC)NCCc1ccc(OC)cc1Cl.I. The fraction of sp³-hybridized carbons (Fsp3) is 0.529. The lowest BCUT2D eigenvalue weighted by molar-refractivity contribution is -0.120. The summed E-state index contributed by atoms with van der Waals surface area (Å²) in [4.78, 5) is 15.7. The van der Waals surface area contributed by atoms with E-state index < -0.39 is 0 Å². The average Bonchev–Trinajstić information content (AvgIpc) is 2.59.